The summed E-state index contributed by atoms with van der Waals surface area (Å²) in [5.74, 6) is -0.195. The smallest absolute Gasteiger partial charge is 0.140 e. The molecular formula is C8H10ClFINSi. The van der Waals surface area contributed by atoms with Crippen LogP contribution in [0.3, 0.4) is 0 Å². The predicted molar refractivity (Wildman–Crippen MR) is 64.9 cm³/mol. The number of halogens is 3. The molecule has 0 N–H and O–H groups in total. The molecule has 72 valence electrons. The molecule has 0 atom stereocenters. The minimum absolute atomic E-state index is 0.195. The standard InChI is InChI=1S/C8H10ClFINSi/c1-13(2,3)7-6(10)5(11)4-12-8(7)9/h4H,1-3H3. The summed E-state index contributed by atoms with van der Waals surface area (Å²) in [6.07, 6.45) is 1.46. The second kappa shape index (κ2) is 3.82. The average molecular weight is 330 g/mol. The predicted octanol–water partition coefficient (Wildman–Crippen LogP) is 3.02. The first-order valence-electron chi connectivity index (χ1n) is 3.84. The van der Waals surface area contributed by atoms with E-state index >= 15 is 0 Å². The van der Waals surface area contributed by atoms with Crippen molar-refractivity contribution in [1.82, 2.24) is 4.98 Å². The Hall–Kier alpha value is 0.317. The van der Waals surface area contributed by atoms with Gasteiger partial charge in [-0.05, 0) is 22.6 Å². The van der Waals surface area contributed by atoms with E-state index in [1.165, 1.54) is 6.20 Å². The highest BCUT2D eigenvalue weighted by Crippen LogP contribution is 2.16. The fraction of sp³-hybridized carbons (Fsp3) is 0.375. The van der Waals surface area contributed by atoms with Crippen LogP contribution in [0.5, 0.6) is 0 Å². The summed E-state index contributed by atoms with van der Waals surface area (Å²) in [5.41, 5.74) is 0. The molecule has 0 amide bonds. The summed E-state index contributed by atoms with van der Waals surface area (Å²) in [6.45, 7) is 6.15. The molecule has 13 heavy (non-hydrogen) atoms. The van der Waals surface area contributed by atoms with E-state index in [4.69, 9.17) is 11.6 Å². The number of pyridine rings is 1. The van der Waals surface area contributed by atoms with Crippen molar-refractivity contribution in [2.75, 3.05) is 0 Å². The molecule has 0 fully saturated rings. The summed E-state index contributed by atoms with van der Waals surface area (Å²) >= 11 is 7.80. The number of hydrogen-bond donors (Lipinski definition) is 0. The average Bonchev–Trinajstić information content (AvgIpc) is 1.95. The Morgan fingerprint density at radius 3 is 2.38 bits per heavy atom. The first-order valence-corrected chi connectivity index (χ1v) is 8.79. The first kappa shape index (κ1) is 11.4. The molecule has 0 radical (unpaired) electrons. The van der Waals surface area contributed by atoms with Gasteiger partial charge in [-0.2, -0.15) is 0 Å². The van der Waals surface area contributed by atoms with Gasteiger partial charge in [0, 0.05) is 11.4 Å². The van der Waals surface area contributed by atoms with E-state index in [1.54, 1.807) is 0 Å². The third kappa shape index (κ3) is 2.41. The second-order valence-corrected chi connectivity index (χ2v) is 10.4. The quantitative estimate of drug-likeness (QED) is 0.438. The van der Waals surface area contributed by atoms with E-state index in [0.29, 0.717) is 13.9 Å². The SMILES string of the molecule is C[Si](C)(C)c1c(Cl)ncc(I)c1F. The molecule has 1 aromatic rings. The monoisotopic (exact) mass is 329 g/mol. The maximum Gasteiger partial charge on any atom is 0.140 e. The maximum atomic E-state index is 13.7. The van der Waals surface area contributed by atoms with Crippen LogP contribution in [0.1, 0.15) is 0 Å². The van der Waals surface area contributed by atoms with E-state index in [2.05, 4.69) is 24.6 Å². The Balaban J connectivity index is 3.43. The fourth-order valence-electron chi connectivity index (χ4n) is 1.08. The van der Waals surface area contributed by atoms with Crippen LogP contribution in [-0.2, 0) is 0 Å². The van der Waals surface area contributed by atoms with Gasteiger partial charge in [-0.15, -0.1) is 0 Å². The number of nitrogens with zero attached hydrogens (tertiary/aromatic N) is 1. The summed E-state index contributed by atoms with van der Waals surface area (Å²) < 4.78 is 14.2. The highest BCUT2D eigenvalue weighted by molar-refractivity contribution is 14.1. The zero-order valence-electron chi connectivity index (χ0n) is 7.66. The van der Waals surface area contributed by atoms with Gasteiger partial charge in [-0.3, -0.25) is 0 Å². The van der Waals surface area contributed by atoms with Gasteiger partial charge in [0.15, 0.2) is 0 Å². The number of aromatic nitrogens is 1. The summed E-state index contributed by atoms with van der Waals surface area (Å²) in [7, 11) is -1.73. The second-order valence-electron chi connectivity index (χ2n) is 3.84. The van der Waals surface area contributed by atoms with Crippen molar-refractivity contribution >= 4 is 47.5 Å². The minimum Gasteiger partial charge on any atom is -0.243 e. The molecule has 1 nitrogen and oxygen atoms in total. The Labute approximate surface area is 96.9 Å². The molecule has 5 heteroatoms. The van der Waals surface area contributed by atoms with E-state index in [0.717, 1.165) is 0 Å². The Kier molecular flexibility index (Phi) is 3.35. The molecule has 0 saturated carbocycles. The van der Waals surface area contributed by atoms with Crippen LogP contribution >= 0.6 is 34.2 Å². The highest BCUT2D eigenvalue weighted by atomic mass is 127. The summed E-state index contributed by atoms with van der Waals surface area (Å²) in [6, 6.07) is 0. The van der Waals surface area contributed by atoms with E-state index in [-0.39, 0.29) is 5.82 Å². The maximum absolute atomic E-state index is 13.7. The lowest BCUT2D eigenvalue weighted by atomic mass is 10.5. The van der Waals surface area contributed by atoms with Crippen molar-refractivity contribution in [3.05, 3.63) is 20.7 Å². The van der Waals surface area contributed by atoms with Crippen LogP contribution in [0, 0.1) is 9.39 Å². The molecule has 0 aromatic carbocycles. The van der Waals surface area contributed by atoms with Gasteiger partial charge in [-0.1, -0.05) is 31.2 Å². The third-order valence-corrected chi connectivity index (χ3v) is 4.83. The van der Waals surface area contributed by atoms with Gasteiger partial charge in [0.05, 0.1) is 11.6 Å². The Morgan fingerprint density at radius 2 is 2.00 bits per heavy atom. The third-order valence-electron chi connectivity index (χ3n) is 1.68. The molecule has 0 aliphatic carbocycles. The van der Waals surface area contributed by atoms with Crippen LogP contribution in [0.4, 0.5) is 4.39 Å². The summed E-state index contributed by atoms with van der Waals surface area (Å²) in [4.78, 5) is 3.96. The van der Waals surface area contributed by atoms with Crippen LogP contribution in [0.2, 0.25) is 24.8 Å². The lowest BCUT2D eigenvalue weighted by molar-refractivity contribution is 0.625. The van der Waals surface area contributed by atoms with Crippen molar-refractivity contribution in [3.8, 4) is 0 Å². The zero-order chi connectivity index (χ0) is 10.2. The van der Waals surface area contributed by atoms with Gasteiger partial charge in [0.2, 0.25) is 0 Å². The largest absolute Gasteiger partial charge is 0.243 e. The van der Waals surface area contributed by atoms with Gasteiger partial charge in [-0.25, -0.2) is 9.37 Å². The van der Waals surface area contributed by atoms with E-state index in [1.807, 2.05) is 22.6 Å². The zero-order valence-corrected chi connectivity index (χ0v) is 11.6. The van der Waals surface area contributed by atoms with Crippen LogP contribution in [-0.4, -0.2) is 13.1 Å². The molecule has 0 saturated heterocycles. The van der Waals surface area contributed by atoms with Crippen molar-refractivity contribution in [3.63, 3.8) is 0 Å². The molecular weight excluding hydrogens is 320 g/mol. The summed E-state index contributed by atoms with van der Waals surface area (Å²) in [5, 5.41) is 0.943. The Bertz CT molecular complexity index is 338. The lowest BCUT2D eigenvalue weighted by Gasteiger charge is -2.18. The minimum atomic E-state index is -1.73. The van der Waals surface area contributed by atoms with Gasteiger partial charge in [0.1, 0.15) is 11.0 Å². The van der Waals surface area contributed by atoms with Crippen LogP contribution in [0.15, 0.2) is 6.20 Å². The van der Waals surface area contributed by atoms with Crippen LogP contribution in [0.25, 0.3) is 0 Å². The van der Waals surface area contributed by atoms with Gasteiger partial charge in [0.25, 0.3) is 0 Å². The molecule has 0 spiro atoms. The van der Waals surface area contributed by atoms with E-state index in [9.17, 15) is 4.39 Å². The fourth-order valence-corrected chi connectivity index (χ4v) is 4.21. The lowest BCUT2D eigenvalue weighted by Crippen LogP contribution is -2.41. The van der Waals surface area contributed by atoms with Crippen molar-refractivity contribution in [2.45, 2.75) is 19.6 Å². The molecule has 1 aromatic heterocycles. The molecule has 0 unspecified atom stereocenters. The van der Waals surface area contributed by atoms with Gasteiger partial charge < -0.3 is 0 Å². The van der Waals surface area contributed by atoms with Crippen molar-refractivity contribution in [1.29, 1.82) is 0 Å². The molecule has 0 aliphatic heterocycles. The first-order chi connectivity index (χ1) is 5.84. The Morgan fingerprint density at radius 1 is 1.46 bits per heavy atom. The van der Waals surface area contributed by atoms with Crippen molar-refractivity contribution < 1.29 is 4.39 Å². The molecule has 0 bridgehead atoms. The highest BCUT2D eigenvalue weighted by Gasteiger charge is 2.26. The number of hydrogen-bond acceptors (Lipinski definition) is 1. The topological polar surface area (TPSA) is 12.9 Å². The van der Waals surface area contributed by atoms with Crippen LogP contribution < -0.4 is 5.19 Å². The van der Waals surface area contributed by atoms with Gasteiger partial charge >= 0.3 is 0 Å². The van der Waals surface area contributed by atoms with Crippen molar-refractivity contribution in [2.24, 2.45) is 0 Å². The van der Waals surface area contributed by atoms with E-state index < -0.39 is 8.07 Å². The molecule has 1 rings (SSSR count). The number of rotatable bonds is 1. The molecule has 0 aliphatic rings. The normalized spacial score (nSPS) is 11.8. The molecule has 1 heterocycles.